The SMILES string of the molecule is COCCNC(=O)COc1ccc(C(=O)O)cc1[N+](=O)[O-]. The van der Waals surface area contributed by atoms with E-state index in [0.717, 1.165) is 18.2 Å². The monoisotopic (exact) mass is 298 g/mol. The lowest BCUT2D eigenvalue weighted by Gasteiger charge is -2.08. The van der Waals surface area contributed by atoms with E-state index in [1.165, 1.54) is 7.11 Å². The molecular formula is C12H14N2O7. The molecule has 9 nitrogen and oxygen atoms in total. The highest BCUT2D eigenvalue weighted by molar-refractivity contribution is 5.89. The Morgan fingerprint density at radius 1 is 1.43 bits per heavy atom. The van der Waals surface area contributed by atoms with Gasteiger partial charge in [-0.3, -0.25) is 14.9 Å². The molecule has 0 bridgehead atoms. The average Bonchev–Trinajstić information content (AvgIpc) is 2.45. The lowest BCUT2D eigenvalue weighted by molar-refractivity contribution is -0.385. The number of nitrogens with one attached hydrogen (secondary N) is 1. The Kier molecular flexibility index (Phi) is 6.08. The maximum Gasteiger partial charge on any atom is 0.335 e. The summed E-state index contributed by atoms with van der Waals surface area (Å²) in [6.45, 7) is 0.203. The maximum absolute atomic E-state index is 11.4. The fourth-order valence-electron chi connectivity index (χ4n) is 1.40. The number of hydrogen-bond acceptors (Lipinski definition) is 6. The second-order valence-corrected chi connectivity index (χ2v) is 3.88. The van der Waals surface area contributed by atoms with Crippen molar-refractivity contribution in [1.82, 2.24) is 5.32 Å². The van der Waals surface area contributed by atoms with Crippen molar-refractivity contribution in [3.8, 4) is 5.75 Å². The largest absolute Gasteiger partial charge is 0.478 e. The van der Waals surface area contributed by atoms with E-state index in [4.69, 9.17) is 14.6 Å². The number of carbonyl (C=O) groups is 2. The second-order valence-electron chi connectivity index (χ2n) is 3.88. The van der Waals surface area contributed by atoms with Crippen LogP contribution in [0, 0.1) is 10.1 Å². The van der Waals surface area contributed by atoms with Gasteiger partial charge in [-0.25, -0.2) is 4.79 Å². The van der Waals surface area contributed by atoms with Crippen LogP contribution in [0.2, 0.25) is 0 Å². The van der Waals surface area contributed by atoms with Crippen LogP contribution in [0.3, 0.4) is 0 Å². The molecule has 0 atom stereocenters. The molecule has 9 heteroatoms. The molecule has 0 unspecified atom stereocenters. The molecule has 1 aromatic rings. The Hall–Kier alpha value is -2.68. The molecule has 1 amide bonds. The minimum Gasteiger partial charge on any atom is -0.478 e. The number of carboxylic acids is 1. The summed E-state index contributed by atoms with van der Waals surface area (Å²) in [6.07, 6.45) is 0. The number of rotatable bonds is 8. The number of nitro benzene ring substituents is 1. The minimum atomic E-state index is -1.29. The van der Waals surface area contributed by atoms with Gasteiger partial charge in [0.2, 0.25) is 0 Å². The number of carboxylic acid groups (broad SMARTS) is 1. The summed E-state index contributed by atoms with van der Waals surface area (Å²) in [5.41, 5.74) is -0.752. The molecule has 0 aliphatic heterocycles. The molecule has 1 aromatic carbocycles. The summed E-state index contributed by atoms with van der Waals surface area (Å²) in [5.74, 6) is -1.93. The third-order valence-corrected chi connectivity index (χ3v) is 2.39. The standard InChI is InChI=1S/C12H14N2O7/c1-20-5-4-13-11(15)7-21-10-3-2-8(12(16)17)6-9(10)14(18)19/h2-3,6H,4-5,7H2,1H3,(H,13,15)(H,16,17). The number of benzene rings is 1. The van der Waals surface area contributed by atoms with Crippen LogP contribution in [-0.2, 0) is 9.53 Å². The molecule has 1 rings (SSSR count). The van der Waals surface area contributed by atoms with Gasteiger partial charge in [-0.2, -0.15) is 0 Å². The predicted octanol–water partition coefficient (Wildman–Crippen LogP) is 0.434. The number of amides is 1. The fraction of sp³-hybridized carbons (Fsp3) is 0.333. The van der Waals surface area contributed by atoms with Crippen molar-refractivity contribution in [3.63, 3.8) is 0 Å². The van der Waals surface area contributed by atoms with E-state index < -0.39 is 29.1 Å². The van der Waals surface area contributed by atoms with Crippen LogP contribution in [0.4, 0.5) is 5.69 Å². The third-order valence-electron chi connectivity index (χ3n) is 2.39. The Bertz CT molecular complexity index is 544. The van der Waals surface area contributed by atoms with Gasteiger partial charge in [-0.15, -0.1) is 0 Å². The van der Waals surface area contributed by atoms with Crippen molar-refractivity contribution in [2.75, 3.05) is 26.9 Å². The first-order valence-electron chi connectivity index (χ1n) is 5.86. The van der Waals surface area contributed by atoms with Crippen LogP contribution in [0.15, 0.2) is 18.2 Å². The van der Waals surface area contributed by atoms with Crippen molar-refractivity contribution >= 4 is 17.6 Å². The van der Waals surface area contributed by atoms with Crippen LogP contribution in [0.1, 0.15) is 10.4 Å². The first kappa shape index (κ1) is 16.4. The predicted molar refractivity (Wildman–Crippen MR) is 70.4 cm³/mol. The smallest absolute Gasteiger partial charge is 0.335 e. The van der Waals surface area contributed by atoms with E-state index in [0.29, 0.717) is 13.2 Å². The summed E-state index contributed by atoms with van der Waals surface area (Å²) in [5, 5.41) is 22.1. The molecule has 0 aliphatic rings. The molecule has 21 heavy (non-hydrogen) atoms. The fourth-order valence-corrected chi connectivity index (χ4v) is 1.40. The van der Waals surface area contributed by atoms with E-state index in [2.05, 4.69) is 5.32 Å². The Labute approximate surface area is 119 Å². The second kappa shape index (κ2) is 7.80. The average molecular weight is 298 g/mol. The van der Waals surface area contributed by atoms with Gasteiger partial charge < -0.3 is 19.9 Å². The Balaban J connectivity index is 2.72. The molecule has 0 aromatic heterocycles. The van der Waals surface area contributed by atoms with Gasteiger partial charge in [0.05, 0.1) is 17.1 Å². The van der Waals surface area contributed by atoms with Crippen LogP contribution in [-0.4, -0.2) is 48.8 Å². The van der Waals surface area contributed by atoms with E-state index in [-0.39, 0.29) is 11.3 Å². The van der Waals surface area contributed by atoms with Crippen molar-refractivity contribution in [3.05, 3.63) is 33.9 Å². The van der Waals surface area contributed by atoms with E-state index in [1.807, 2.05) is 0 Å². The third kappa shape index (κ3) is 5.07. The molecular weight excluding hydrogens is 284 g/mol. The Morgan fingerprint density at radius 2 is 2.14 bits per heavy atom. The van der Waals surface area contributed by atoms with Crippen LogP contribution in [0.25, 0.3) is 0 Å². The highest BCUT2D eigenvalue weighted by Gasteiger charge is 2.19. The van der Waals surface area contributed by atoms with Crippen molar-refractivity contribution in [2.24, 2.45) is 0 Å². The lowest BCUT2D eigenvalue weighted by Crippen LogP contribution is -2.31. The summed E-state index contributed by atoms with van der Waals surface area (Å²) in [7, 11) is 1.48. The number of nitrogens with zero attached hydrogens (tertiary/aromatic N) is 1. The zero-order chi connectivity index (χ0) is 15.8. The van der Waals surface area contributed by atoms with Gasteiger partial charge in [-0.05, 0) is 12.1 Å². The summed E-state index contributed by atoms with van der Waals surface area (Å²) < 4.78 is 9.78. The van der Waals surface area contributed by atoms with Crippen LogP contribution >= 0.6 is 0 Å². The zero-order valence-electron chi connectivity index (χ0n) is 11.2. The van der Waals surface area contributed by atoms with E-state index >= 15 is 0 Å². The molecule has 0 aliphatic carbocycles. The van der Waals surface area contributed by atoms with Gasteiger partial charge in [0.15, 0.2) is 12.4 Å². The minimum absolute atomic E-state index is 0.174. The van der Waals surface area contributed by atoms with Gasteiger partial charge in [0.25, 0.3) is 5.91 Å². The molecule has 2 N–H and O–H groups in total. The topological polar surface area (TPSA) is 128 Å². The maximum atomic E-state index is 11.4. The molecule has 0 radical (unpaired) electrons. The quantitative estimate of drug-likeness (QED) is 0.404. The first-order valence-corrected chi connectivity index (χ1v) is 5.86. The number of methoxy groups -OCH3 is 1. The van der Waals surface area contributed by atoms with Gasteiger partial charge in [0.1, 0.15) is 0 Å². The zero-order valence-corrected chi connectivity index (χ0v) is 11.2. The molecule has 0 fully saturated rings. The van der Waals surface area contributed by atoms with Gasteiger partial charge >= 0.3 is 11.7 Å². The molecule has 0 saturated heterocycles. The Morgan fingerprint density at radius 3 is 2.71 bits per heavy atom. The summed E-state index contributed by atoms with van der Waals surface area (Å²) in [6, 6.07) is 3.18. The van der Waals surface area contributed by atoms with E-state index in [1.54, 1.807) is 0 Å². The van der Waals surface area contributed by atoms with Crippen LogP contribution in [0.5, 0.6) is 5.75 Å². The van der Waals surface area contributed by atoms with Crippen molar-refractivity contribution in [1.29, 1.82) is 0 Å². The molecule has 114 valence electrons. The summed E-state index contributed by atoms with van der Waals surface area (Å²) >= 11 is 0. The molecule has 0 heterocycles. The lowest BCUT2D eigenvalue weighted by atomic mass is 10.2. The highest BCUT2D eigenvalue weighted by atomic mass is 16.6. The van der Waals surface area contributed by atoms with Crippen LogP contribution < -0.4 is 10.1 Å². The number of hydrogen-bond donors (Lipinski definition) is 2. The van der Waals surface area contributed by atoms with Gasteiger partial charge in [-0.1, -0.05) is 0 Å². The molecule has 0 spiro atoms. The van der Waals surface area contributed by atoms with Gasteiger partial charge in [0, 0.05) is 19.7 Å². The number of aromatic carboxylic acids is 1. The number of carbonyl (C=O) groups excluding carboxylic acids is 1. The first-order chi connectivity index (χ1) is 9.95. The number of nitro groups is 1. The summed E-state index contributed by atoms with van der Waals surface area (Å²) in [4.78, 5) is 32.2. The highest BCUT2D eigenvalue weighted by Crippen LogP contribution is 2.27. The number of ether oxygens (including phenoxy) is 2. The van der Waals surface area contributed by atoms with Crippen molar-refractivity contribution < 1.29 is 29.1 Å². The normalized spacial score (nSPS) is 9.95. The van der Waals surface area contributed by atoms with Crippen molar-refractivity contribution in [2.45, 2.75) is 0 Å². The molecule has 0 saturated carbocycles. The van der Waals surface area contributed by atoms with E-state index in [9.17, 15) is 19.7 Å².